The average molecular weight is 647 g/mol. The molecule has 10 nitrogen and oxygen atoms in total. The minimum Gasteiger partial charge on any atom is -0.490 e. The Hall–Kier alpha value is -3.93. The Morgan fingerprint density at radius 3 is 2.53 bits per heavy atom. The predicted octanol–water partition coefficient (Wildman–Crippen LogP) is 6.06. The molecule has 4 rings (SSSR count). The van der Waals surface area contributed by atoms with Crippen molar-refractivity contribution in [3.05, 3.63) is 73.6 Å². The van der Waals surface area contributed by atoms with Gasteiger partial charge >= 0.3 is 23.8 Å². The van der Waals surface area contributed by atoms with E-state index in [1.165, 1.54) is 41.8 Å². The van der Waals surface area contributed by atoms with Gasteiger partial charge in [0.2, 0.25) is 0 Å². The van der Waals surface area contributed by atoms with Crippen molar-refractivity contribution in [2.75, 3.05) is 18.5 Å². The van der Waals surface area contributed by atoms with Crippen molar-refractivity contribution in [2.24, 2.45) is 11.0 Å². The number of esters is 2. The van der Waals surface area contributed by atoms with E-state index in [0.717, 1.165) is 23.3 Å². The summed E-state index contributed by atoms with van der Waals surface area (Å²) in [6.07, 6.45) is 3.70. The van der Waals surface area contributed by atoms with E-state index in [4.69, 9.17) is 37.4 Å². The number of amides is 2. The van der Waals surface area contributed by atoms with Crippen LogP contribution in [0.15, 0.2) is 41.5 Å². The summed E-state index contributed by atoms with van der Waals surface area (Å²) in [6.45, 7) is 6.07. The monoisotopic (exact) mass is 645 g/mol. The number of nitrogens with one attached hydrogen (secondary N) is 2. The average Bonchev–Trinajstić information content (AvgIpc) is 3.31. The quantitative estimate of drug-likeness (QED) is 0.0950. The van der Waals surface area contributed by atoms with Gasteiger partial charge in [0.05, 0.1) is 35.6 Å². The molecular weight excluding hydrogens is 617 g/mol. The van der Waals surface area contributed by atoms with Crippen LogP contribution in [0.2, 0.25) is 10.0 Å². The highest BCUT2D eigenvalue weighted by Gasteiger charge is 2.30. The summed E-state index contributed by atoms with van der Waals surface area (Å²) < 4.78 is 16.3. The van der Waals surface area contributed by atoms with E-state index in [2.05, 4.69) is 22.8 Å². The third-order valence-electron chi connectivity index (χ3n) is 6.43. The molecule has 13 heteroatoms. The molecule has 1 unspecified atom stereocenters. The topological polar surface area (TPSA) is 132 Å². The van der Waals surface area contributed by atoms with Gasteiger partial charge in [-0.15, -0.1) is 11.3 Å². The lowest BCUT2D eigenvalue weighted by atomic mass is 9.88. The minimum atomic E-state index is -1.03. The number of carbonyl (C=O) groups is 4. The fraction of sp³-hybridized carbons (Fsp3) is 0.300. The molecule has 2 aromatic carbocycles. The van der Waals surface area contributed by atoms with Crippen molar-refractivity contribution in [3.8, 4) is 11.5 Å². The van der Waals surface area contributed by atoms with Gasteiger partial charge in [-0.2, -0.15) is 5.10 Å². The van der Waals surface area contributed by atoms with E-state index in [9.17, 15) is 19.2 Å². The molecule has 1 aliphatic rings. The molecule has 0 spiro atoms. The van der Waals surface area contributed by atoms with Crippen LogP contribution in [0.3, 0.4) is 0 Å². The summed E-state index contributed by atoms with van der Waals surface area (Å²) in [4.78, 5) is 51.5. The summed E-state index contributed by atoms with van der Waals surface area (Å²) >= 11 is 13.3. The Kier molecular flexibility index (Phi) is 10.8. The number of rotatable bonds is 9. The minimum absolute atomic E-state index is 0.131. The number of fused-ring (bicyclic) bond motifs is 1. The summed E-state index contributed by atoms with van der Waals surface area (Å²) in [6, 6.07) is 9.04. The molecule has 0 aliphatic heterocycles. The van der Waals surface area contributed by atoms with Gasteiger partial charge in [-0.05, 0) is 86.6 Å². The van der Waals surface area contributed by atoms with Crippen molar-refractivity contribution < 1.29 is 33.4 Å². The molecule has 2 N–H and O–H groups in total. The van der Waals surface area contributed by atoms with Crippen LogP contribution in [-0.2, 0) is 27.2 Å². The molecule has 1 aliphatic carbocycles. The summed E-state index contributed by atoms with van der Waals surface area (Å²) in [5.41, 5.74) is 3.97. The number of thiophene rings is 1. The first-order chi connectivity index (χ1) is 20.6. The number of hydrogen-bond acceptors (Lipinski definition) is 9. The third kappa shape index (κ3) is 7.92. The maximum atomic E-state index is 12.7. The molecule has 1 aromatic heterocycles. The summed E-state index contributed by atoms with van der Waals surface area (Å²) in [5, 5.41) is 7.22. The number of hydrazone groups is 1. The van der Waals surface area contributed by atoms with Crippen LogP contribution in [0.4, 0.5) is 5.00 Å². The summed E-state index contributed by atoms with van der Waals surface area (Å²) in [5.74, 6) is -2.39. The molecule has 1 heterocycles. The van der Waals surface area contributed by atoms with Crippen LogP contribution in [0, 0.1) is 5.92 Å². The fourth-order valence-corrected chi connectivity index (χ4v) is 6.28. The van der Waals surface area contributed by atoms with E-state index in [1.807, 2.05) is 0 Å². The van der Waals surface area contributed by atoms with E-state index < -0.39 is 23.8 Å². The standard InChI is InChI=1S/C30H29Cl2N3O7S/c1-4-40-23-13-17(7-11-22(23)42-29(38)19-10-8-18(31)14-21(19)32)15-33-35-27(37)26(36)34-28-25(30(39)41-5-2)20-9-6-16(3)12-24(20)43-28/h7-8,10-11,13-16H,4-6,9,12H2,1-3H3,(H,34,36)(H,35,37). The van der Waals surface area contributed by atoms with E-state index >= 15 is 0 Å². The number of carbonyl (C=O) groups excluding carboxylic acids is 4. The normalized spacial score (nSPS) is 14.1. The van der Waals surface area contributed by atoms with Gasteiger partial charge in [-0.1, -0.05) is 30.1 Å². The maximum absolute atomic E-state index is 12.7. The number of hydrogen-bond donors (Lipinski definition) is 2. The van der Waals surface area contributed by atoms with E-state index in [-0.39, 0.29) is 40.3 Å². The predicted molar refractivity (Wildman–Crippen MR) is 165 cm³/mol. The van der Waals surface area contributed by atoms with Gasteiger partial charge < -0.3 is 19.5 Å². The second kappa shape index (κ2) is 14.5. The van der Waals surface area contributed by atoms with E-state index in [0.29, 0.717) is 28.5 Å². The second-order valence-electron chi connectivity index (χ2n) is 9.58. The van der Waals surface area contributed by atoms with Gasteiger partial charge in [0.25, 0.3) is 0 Å². The van der Waals surface area contributed by atoms with Crippen molar-refractivity contribution >= 4 is 69.5 Å². The Bertz CT molecular complexity index is 1590. The number of halogens is 2. The first-order valence-corrected chi connectivity index (χ1v) is 15.1. The summed E-state index contributed by atoms with van der Waals surface area (Å²) in [7, 11) is 0. The van der Waals surface area contributed by atoms with Crippen molar-refractivity contribution in [1.29, 1.82) is 0 Å². The van der Waals surface area contributed by atoms with Crippen LogP contribution >= 0.6 is 34.5 Å². The molecule has 226 valence electrons. The van der Waals surface area contributed by atoms with Gasteiger partial charge in [0.1, 0.15) is 5.00 Å². The van der Waals surface area contributed by atoms with Gasteiger partial charge in [0.15, 0.2) is 11.5 Å². The Labute approximate surface area is 262 Å². The van der Waals surface area contributed by atoms with Crippen molar-refractivity contribution in [1.82, 2.24) is 5.43 Å². The Morgan fingerprint density at radius 2 is 1.81 bits per heavy atom. The molecule has 3 aromatic rings. The number of benzene rings is 2. The second-order valence-corrected chi connectivity index (χ2v) is 11.5. The molecule has 2 amide bonds. The lowest BCUT2D eigenvalue weighted by Crippen LogP contribution is -2.32. The third-order valence-corrected chi connectivity index (χ3v) is 8.14. The lowest BCUT2D eigenvalue weighted by Gasteiger charge is -2.18. The Morgan fingerprint density at radius 1 is 1.02 bits per heavy atom. The zero-order chi connectivity index (χ0) is 31.1. The fourth-order valence-electron chi connectivity index (χ4n) is 4.40. The van der Waals surface area contributed by atoms with Gasteiger partial charge in [-0.3, -0.25) is 9.59 Å². The number of ether oxygens (including phenoxy) is 3. The lowest BCUT2D eigenvalue weighted by molar-refractivity contribution is -0.136. The zero-order valence-electron chi connectivity index (χ0n) is 23.6. The highest BCUT2D eigenvalue weighted by molar-refractivity contribution is 7.17. The van der Waals surface area contributed by atoms with Gasteiger partial charge in [-0.25, -0.2) is 15.0 Å². The molecule has 0 fully saturated rings. The maximum Gasteiger partial charge on any atom is 0.345 e. The highest BCUT2D eigenvalue weighted by Crippen LogP contribution is 2.40. The smallest absolute Gasteiger partial charge is 0.345 e. The molecule has 43 heavy (non-hydrogen) atoms. The van der Waals surface area contributed by atoms with Crippen molar-refractivity contribution in [2.45, 2.75) is 40.0 Å². The van der Waals surface area contributed by atoms with Crippen LogP contribution < -0.4 is 20.2 Å². The Balaban J connectivity index is 1.42. The van der Waals surface area contributed by atoms with Crippen LogP contribution in [0.1, 0.15) is 63.9 Å². The molecule has 1 atom stereocenters. The highest BCUT2D eigenvalue weighted by atomic mass is 35.5. The number of anilines is 1. The largest absolute Gasteiger partial charge is 0.490 e. The molecule has 0 bridgehead atoms. The molecular formula is C30H29Cl2N3O7S. The van der Waals surface area contributed by atoms with Crippen LogP contribution in [0.5, 0.6) is 11.5 Å². The zero-order valence-corrected chi connectivity index (χ0v) is 26.0. The van der Waals surface area contributed by atoms with Gasteiger partial charge in [0, 0.05) is 9.90 Å². The molecule has 0 radical (unpaired) electrons. The molecule has 0 saturated carbocycles. The van der Waals surface area contributed by atoms with Crippen LogP contribution in [0.25, 0.3) is 0 Å². The number of nitrogens with zero attached hydrogens (tertiary/aromatic N) is 1. The molecule has 0 saturated heterocycles. The van der Waals surface area contributed by atoms with Crippen molar-refractivity contribution in [3.63, 3.8) is 0 Å². The van der Waals surface area contributed by atoms with Crippen LogP contribution in [-0.4, -0.2) is 43.2 Å². The first kappa shape index (κ1) is 32.0. The van der Waals surface area contributed by atoms with E-state index in [1.54, 1.807) is 26.0 Å². The SMILES string of the molecule is CCOC(=O)c1c(NC(=O)C(=O)NN=Cc2ccc(OC(=O)c3ccc(Cl)cc3Cl)c(OCC)c2)sc2c1CCC(C)C2. The first-order valence-electron chi connectivity index (χ1n) is 13.5.